The SMILES string of the molecule is Cc1nc(CNC(=O)c2ccc(O)c(O)c2)no1. The summed E-state index contributed by atoms with van der Waals surface area (Å²) < 4.78 is 4.75. The fourth-order valence-corrected chi connectivity index (χ4v) is 1.34. The predicted octanol–water partition coefficient (Wildman–Crippen LogP) is 0.719. The van der Waals surface area contributed by atoms with E-state index in [9.17, 15) is 9.90 Å². The largest absolute Gasteiger partial charge is 0.504 e. The molecule has 1 amide bonds. The fourth-order valence-electron chi connectivity index (χ4n) is 1.34. The van der Waals surface area contributed by atoms with E-state index in [1.54, 1.807) is 6.92 Å². The van der Waals surface area contributed by atoms with Crippen LogP contribution in [0.3, 0.4) is 0 Å². The summed E-state index contributed by atoms with van der Waals surface area (Å²) >= 11 is 0. The van der Waals surface area contributed by atoms with Crippen molar-refractivity contribution in [3.8, 4) is 11.5 Å². The highest BCUT2D eigenvalue weighted by Crippen LogP contribution is 2.24. The summed E-state index contributed by atoms with van der Waals surface area (Å²) in [5.74, 6) is -0.253. The summed E-state index contributed by atoms with van der Waals surface area (Å²) in [5.41, 5.74) is 0.227. The highest BCUT2D eigenvalue weighted by atomic mass is 16.5. The van der Waals surface area contributed by atoms with Crippen molar-refractivity contribution < 1.29 is 19.5 Å². The minimum Gasteiger partial charge on any atom is -0.504 e. The van der Waals surface area contributed by atoms with Gasteiger partial charge >= 0.3 is 0 Å². The van der Waals surface area contributed by atoms with E-state index >= 15 is 0 Å². The quantitative estimate of drug-likeness (QED) is 0.691. The van der Waals surface area contributed by atoms with E-state index in [1.165, 1.54) is 18.2 Å². The first-order valence-corrected chi connectivity index (χ1v) is 5.15. The van der Waals surface area contributed by atoms with Crippen molar-refractivity contribution in [3.05, 3.63) is 35.5 Å². The van der Waals surface area contributed by atoms with Gasteiger partial charge in [-0.15, -0.1) is 0 Å². The van der Waals surface area contributed by atoms with Crippen LogP contribution in [-0.4, -0.2) is 26.3 Å². The Morgan fingerprint density at radius 1 is 1.39 bits per heavy atom. The fraction of sp³-hybridized carbons (Fsp3) is 0.182. The van der Waals surface area contributed by atoms with Crippen molar-refractivity contribution in [2.24, 2.45) is 0 Å². The van der Waals surface area contributed by atoms with Gasteiger partial charge < -0.3 is 20.1 Å². The second-order valence-electron chi connectivity index (χ2n) is 3.62. The van der Waals surface area contributed by atoms with Gasteiger partial charge in [-0.25, -0.2) is 0 Å². The number of hydrogen-bond donors (Lipinski definition) is 3. The highest BCUT2D eigenvalue weighted by Gasteiger charge is 2.10. The van der Waals surface area contributed by atoms with Crippen LogP contribution < -0.4 is 5.32 Å². The Labute approximate surface area is 102 Å². The molecule has 1 heterocycles. The molecule has 0 atom stereocenters. The third-order valence-corrected chi connectivity index (χ3v) is 2.21. The number of phenols is 2. The Kier molecular flexibility index (Phi) is 3.13. The Bertz CT molecular complexity index is 579. The number of aryl methyl sites for hydroxylation is 1. The predicted molar refractivity (Wildman–Crippen MR) is 60.0 cm³/mol. The first-order valence-electron chi connectivity index (χ1n) is 5.15. The molecule has 1 aromatic carbocycles. The van der Waals surface area contributed by atoms with Gasteiger partial charge in [0, 0.05) is 12.5 Å². The molecule has 0 spiro atoms. The molecule has 0 fully saturated rings. The lowest BCUT2D eigenvalue weighted by molar-refractivity contribution is 0.0949. The average Bonchev–Trinajstić information content (AvgIpc) is 2.75. The van der Waals surface area contributed by atoms with Gasteiger partial charge in [-0.1, -0.05) is 5.16 Å². The zero-order chi connectivity index (χ0) is 13.1. The van der Waals surface area contributed by atoms with Crippen LogP contribution in [0.1, 0.15) is 22.1 Å². The summed E-state index contributed by atoms with van der Waals surface area (Å²) in [4.78, 5) is 15.6. The van der Waals surface area contributed by atoms with Crippen molar-refractivity contribution in [2.75, 3.05) is 0 Å². The Hall–Kier alpha value is -2.57. The van der Waals surface area contributed by atoms with E-state index < -0.39 is 5.91 Å². The van der Waals surface area contributed by atoms with Gasteiger partial charge in [-0.3, -0.25) is 4.79 Å². The number of aromatic hydroxyl groups is 2. The normalized spacial score (nSPS) is 10.3. The molecule has 3 N–H and O–H groups in total. The lowest BCUT2D eigenvalue weighted by atomic mass is 10.2. The molecular formula is C11H11N3O4. The number of benzene rings is 1. The second-order valence-corrected chi connectivity index (χ2v) is 3.62. The number of carbonyl (C=O) groups is 1. The van der Waals surface area contributed by atoms with Crippen LogP contribution in [0.25, 0.3) is 0 Å². The summed E-state index contributed by atoms with van der Waals surface area (Å²) in [6, 6.07) is 3.81. The molecule has 0 saturated heterocycles. The van der Waals surface area contributed by atoms with Crippen molar-refractivity contribution in [3.63, 3.8) is 0 Å². The van der Waals surface area contributed by atoms with Crippen LogP contribution in [0.4, 0.5) is 0 Å². The molecule has 2 rings (SSSR count). The molecule has 0 radical (unpaired) electrons. The molecule has 0 aliphatic heterocycles. The lowest BCUT2D eigenvalue weighted by Crippen LogP contribution is -2.23. The first-order chi connectivity index (χ1) is 8.56. The van der Waals surface area contributed by atoms with Crippen LogP contribution in [0.5, 0.6) is 11.5 Å². The molecule has 0 aliphatic carbocycles. The number of nitrogens with zero attached hydrogens (tertiary/aromatic N) is 2. The summed E-state index contributed by atoms with van der Waals surface area (Å²) in [6.45, 7) is 1.77. The Balaban J connectivity index is 2.01. The number of amides is 1. The third-order valence-electron chi connectivity index (χ3n) is 2.21. The molecule has 18 heavy (non-hydrogen) atoms. The molecule has 7 nitrogen and oxygen atoms in total. The summed E-state index contributed by atoms with van der Waals surface area (Å²) in [6.07, 6.45) is 0. The van der Waals surface area contributed by atoms with Gasteiger partial charge in [0.05, 0.1) is 6.54 Å². The van der Waals surface area contributed by atoms with Gasteiger partial charge in [0.2, 0.25) is 5.89 Å². The van der Waals surface area contributed by atoms with Crippen LogP contribution in [-0.2, 0) is 6.54 Å². The van der Waals surface area contributed by atoms with E-state index in [1.807, 2.05) is 0 Å². The summed E-state index contributed by atoms with van der Waals surface area (Å²) in [7, 11) is 0. The van der Waals surface area contributed by atoms with Crippen LogP contribution >= 0.6 is 0 Å². The van der Waals surface area contributed by atoms with Crippen molar-refractivity contribution in [1.29, 1.82) is 0 Å². The smallest absolute Gasteiger partial charge is 0.251 e. The molecule has 0 unspecified atom stereocenters. The average molecular weight is 249 g/mol. The van der Waals surface area contributed by atoms with Crippen LogP contribution in [0, 0.1) is 6.92 Å². The van der Waals surface area contributed by atoms with Crippen molar-refractivity contribution in [1.82, 2.24) is 15.5 Å². The number of aromatic nitrogens is 2. The third kappa shape index (κ3) is 2.57. The second kappa shape index (κ2) is 4.74. The molecule has 7 heteroatoms. The number of hydrogen-bond acceptors (Lipinski definition) is 6. The van der Waals surface area contributed by atoms with E-state index in [2.05, 4.69) is 15.5 Å². The topological polar surface area (TPSA) is 108 Å². The molecule has 0 saturated carbocycles. The van der Waals surface area contributed by atoms with E-state index in [-0.39, 0.29) is 23.6 Å². The molecule has 1 aromatic heterocycles. The number of phenolic OH excluding ortho intramolecular Hbond substituents is 2. The molecule has 0 aliphatic rings. The molecule has 2 aromatic rings. The van der Waals surface area contributed by atoms with E-state index in [0.29, 0.717) is 11.7 Å². The number of nitrogens with one attached hydrogen (secondary N) is 1. The van der Waals surface area contributed by atoms with Gasteiger partial charge in [-0.2, -0.15) is 4.98 Å². The zero-order valence-corrected chi connectivity index (χ0v) is 9.54. The van der Waals surface area contributed by atoms with Crippen molar-refractivity contribution >= 4 is 5.91 Å². The van der Waals surface area contributed by atoms with Crippen LogP contribution in [0.15, 0.2) is 22.7 Å². The monoisotopic (exact) mass is 249 g/mol. The minimum absolute atomic E-state index is 0.123. The first kappa shape index (κ1) is 11.9. The van der Waals surface area contributed by atoms with Crippen LogP contribution in [0.2, 0.25) is 0 Å². The standard InChI is InChI=1S/C11H11N3O4/c1-6-13-10(14-18-6)5-12-11(17)7-2-3-8(15)9(16)4-7/h2-4,15-16H,5H2,1H3,(H,12,17). The van der Waals surface area contributed by atoms with Gasteiger partial charge in [0.25, 0.3) is 5.91 Å². The molecular weight excluding hydrogens is 238 g/mol. The van der Waals surface area contributed by atoms with Gasteiger partial charge in [-0.05, 0) is 18.2 Å². The lowest BCUT2D eigenvalue weighted by Gasteiger charge is -2.03. The zero-order valence-electron chi connectivity index (χ0n) is 9.54. The van der Waals surface area contributed by atoms with Gasteiger partial charge in [0.15, 0.2) is 17.3 Å². The maximum Gasteiger partial charge on any atom is 0.251 e. The summed E-state index contributed by atoms with van der Waals surface area (Å²) in [5, 5.41) is 24.6. The minimum atomic E-state index is -0.409. The highest BCUT2D eigenvalue weighted by molar-refractivity contribution is 5.94. The molecule has 0 bridgehead atoms. The Morgan fingerprint density at radius 2 is 2.17 bits per heavy atom. The Morgan fingerprint density at radius 3 is 2.78 bits per heavy atom. The molecule has 94 valence electrons. The van der Waals surface area contributed by atoms with E-state index in [4.69, 9.17) is 9.63 Å². The number of rotatable bonds is 3. The van der Waals surface area contributed by atoms with E-state index in [0.717, 1.165) is 0 Å². The number of carbonyl (C=O) groups excluding carboxylic acids is 1. The van der Waals surface area contributed by atoms with Gasteiger partial charge in [0.1, 0.15) is 0 Å². The maximum atomic E-state index is 11.7. The van der Waals surface area contributed by atoms with Crippen molar-refractivity contribution in [2.45, 2.75) is 13.5 Å². The maximum absolute atomic E-state index is 11.7.